The van der Waals surface area contributed by atoms with Gasteiger partial charge in [-0.2, -0.15) is 5.10 Å². The number of hydrogen-bond donors (Lipinski definition) is 1. The predicted molar refractivity (Wildman–Crippen MR) is 67.4 cm³/mol. The molecule has 0 aliphatic heterocycles. The van der Waals surface area contributed by atoms with Crippen molar-refractivity contribution in [2.75, 3.05) is 0 Å². The number of fused-ring (bicyclic) bond motifs is 1. The van der Waals surface area contributed by atoms with Gasteiger partial charge >= 0.3 is 0 Å². The highest BCUT2D eigenvalue weighted by atomic mass is 16.1. The number of carbonyl (C=O) groups is 1. The summed E-state index contributed by atoms with van der Waals surface area (Å²) in [5.41, 5.74) is 6.55. The van der Waals surface area contributed by atoms with Crippen molar-refractivity contribution >= 4 is 16.8 Å². The zero-order chi connectivity index (χ0) is 12.5. The Morgan fingerprint density at radius 2 is 2.11 bits per heavy atom. The lowest BCUT2D eigenvalue weighted by atomic mass is 10.1. The molecule has 0 radical (unpaired) electrons. The smallest absolute Gasteiger partial charge is 0.248 e. The minimum Gasteiger partial charge on any atom is -0.366 e. The fourth-order valence-electron chi connectivity index (χ4n) is 1.83. The SMILES string of the molecule is NC(=O)c1ccc2cnn(-c3ccccn3)c2c1. The molecule has 1 amide bonds. The molecule has 0 saturated carbocycles. The van der Waals surface area contributed by atoms with Crippen molar-refractivity contribution < 1.29 is 4.79 Å². The van der Waals surface area contributed by atoms with Crippen molar-refractivity contribution in [3.8, 4) is 5.82 Å². The number of nitrogens with zero attached hydrogens (tertiary/aromatic N) is 3. The molecule has 2 heterocycles. The quantitative estimate of drug-likeness (QED) is 0.735. The topological polar surface area (TPSA) is 73.8 Å². The first-order chi connectivity index (χ1) is 8.75. The number of benzene rings is 1. The van der Waals surface area contributed by atoms with E-state index < -0.39 is 5.91 Å². The van der Waals surface area contributed by atoms with Crippen molar-refractivity contribution in [3.05, 3.63) is 54.4 Å². The van der Waals surface area contributed by atoms with Crippen molar-refractivity contribution in [2.24, 2.45) is 5.73 Å². The number of hydrogen-bond acceptors (Lipinski definition) is 3. The molecule has 0 fully saturated rings. The third kappa shape index (κ3) is 1.62. The van der Waals surface area contributed by atoms with Crippen molar-refractivity contribution in [3.63, 3.8) is 0 Å². The van der Waals surface area contributed by atoms with Gasteiger partial charge in [0.15, 0.2) is 5.82 Å². The molecule has 88 valence electrons. The van der Waals surface area contributed by atoms with Crippen LogP contribution in [-0.4, -0.2) is 20.7 Å². The Kier molecular flexibility index (Phi) is 2.30. The van der Waals surface area contributed by atoms with E-state index in [1.54, 1.807) is 29.2 Å². The summed E-state index contributed by atoms with van der Waals surface area (Å²) < 4.78 is 1.68. The molecule has 0 saturated heterocycles. The first-order valence-electron chi connectivity index (χ1n) is 5.45. The molecular weight excluding hydrogens is 228 g/mol. The average Bonchev–Trinajstić information content (AvgIpc) is 2.82. The first-order valence-corrected chi connectivity index (χ1v) is 5.45. The minimum atomic E-state index is -0.453. The van der Waals surface area contributed by atoms with Crippen LogP contribution in [-0.2, 0) is 0 Å². The van der Waals surface area contributed by atoms with E-state index in [0.29, 0.717) is 11.4 Å². The maximum atomic E-state index is 11.2. The lowest BCUT2D eigenvalue weighted by Crippen LogP contribution is -2.10. The molecule has 0 bridgehead atoms. The van der Waals surface area contributed by atoms with Crippen LogP contribution in [0.1, 0.15) is 10.4 Å². The summed E-state index contributed by atoms with van der Waals surface area (Å²) in [5, 5.41) is 5.20. The summed E-state index contributed by atoms with van der Waals surface area (Å²) in [6.07, 6.45) is 3.43. The molecular formula is C13H10N4O. The van der Waals surface area contributed by atoms with Gasteiger partial charge in [0, 0.05) is 17.1 Å². The van der Waals surface area contributed by atoms with Crippen LogP contribution in [0, 0.1) is 0 Å². The third-order valence-electron chi connectivity index (χ3n) is 2.72. The summed E-state index contributed by atoms with van der Waals surface area (Å²) >= 11 is 0. The maximum Gasteiger partial charge on any atom is 0.248 e. The molecule has 5 heteroatoms. The van der Waals surface area contributed by atoms with Crippen molar-refractivity contribution in [1.82, 2.24) is 14.8 Å². The van der Waals surface area contributed by atoms with Gasteiger partial charge in [0.05, 0.1) is 11.7 Å². The van der Waals surface area contributed by atoms with E-state index in [1.807, 2.05) is 24.3 Å². The van der Waals surface area contributed by atoms with Gasteiger partial charge in [0.1, 0.15) is 0 Å². The Balaban J connectivity index is 2.24. The minimum absolute atomic E-state index is 0.453. The fourth-order valence-corrected chi connectivity index (χ4v) is 1.83. The van der Waals surface area contributed by atoms with Gasteiger partial charge in [-0.1, -0.05) is 12.1 Å². The second-order valence-corrected chi connectivity index (χ2v) is 3.88. The van der Waals surface area contributed by atoms with Crippen LogP contribution < -0.4 is 5.73 Å². The van der Waals surface area contributed by atoms with E-state index in [9.17, 15) is 4.79 Å². The molecule has 0 aliphatic carbocycles. The van der Waals surface area contributed by atoms with Gasteiger partial charge in [0.2, 0.25) is 5.91 Å². The number of primary amides is 1. The monoisotopic (exact) mass is 238 g/mol. The van der Waals surface area contributed by atoms with Crippen LogP contribution in [0.4, 0.5) is 0 Å². The number of rotatable bonds is 2. The second-order valence-electron chi connectivity index (χ2n) is 3.88. The Morgan fingerprint density at radius 3 is 2.83 bits per heavy atom. The number of pyridine rings is 1. The Bertz CT molecular complexity index is 718. The van der Waals surface area contributed by atoms with E-state index in [4.69, 9.17) is 5.73 Å². The predicted octanol–water partition coefficient (Wildman–Crippen LogP) is 1.52. The number of amides is 1. The zero-order valence-electron chi connectivity index (χ0n) is 9.45. The number of aromatic nitrogens is 3. The average molecular weight is 238 g/mol. The third-order valence-corrected chi connectivity index (χ3v) is 2.72. The second kappa shape index (κ2) is 3.96. The van der Waals surface area contributed by atoms with Crippen LogP contribution >= 0.6 is 0 Å². The van der Waals surface area contributed by atoms with E-state index in [2.05, 4.69) is 10.1 Å². The fraction of sp³-hybridized carbons (Fsp3) is 0. The lowest BCUT2D eigenvalue weighted by molar-refractivity contribution is 0.100. The van der Waals surface area contributed by atoms with Crippen LogP contribution in [0.5, 0.6) is 0 Å². The Hall–Kier alpha value is -2.69. The van der Waals surface area contributed by atoms with E-state index in [1.165, 1.54) is 0 Å². The van der Waals surface area contributed by atoms with Gasteiger partial charge < -0.3 is 5.73 Å². The molecule has 3 rings (SSSR count). The lowest BCUT2D eigenvalue weighted by Gasteiger charge is -2.02. The summed E-state index contributed by atoms with van der Waals surface area (Å²) in [7, 11) is 0. The van der Waals surface area contributed by atoms with Crippen molar-refractivity contribution in [1.29, 1.82) is 0 Å². The standard InChI is InChI=1S/C13H10N4O/c14-13(18)9-4-5-10-8-16-17(11(10)7-9)12-3-1-2-6-15-12/h1-8H,(H2,14,18). The molecule has 0 atom stereocenters. The van der Waals surface area contributed by atoms with Crippen molar-refractivity contribution in [2.45, 2.75) is 0 Å². The molecule has 0 aliphatic rings. The van der Waals surface area contributed by atoms with E-state index in [0.717, 1.165) is 10.9 Å². The zero-order valence-corrected chi connectivity index (χ0v) is 9.45. The molecule has 0 unspecified atom stereocenters. The molecule has 1 aromatic carbocycles. The summed E-state index contributed by atoms with van der Waals surface area (Å²) in [5.74, 6) is 0.250. The Labute approximate surface area is 103 Å². The highest BCUT2D eigenvalue weighted by molar-refractivity contribution is 5.96. The summed E-state index contributed by atoms with van der Waals surface area (Å²) in [6.45, 7) is 0. The van der Waals surface area contributed by atoms with E-state index >= 15 is 0 Å². The van der Waals surface area contributed by atoms with Gasteiger partial charge in [-0.25, -0.2) is 9.67 Å². The van der Waals surface area contributed by atoms with E-state index in [-0.39, 0.29) is 0 Å². The molecule has 2 aromatic heterocycles. The number of carbonyl (C=O) groups excluding carboxylic acids is 1. The summed E-state index contributed by atoms with van der Waals surface area (Å²) in [6, 6.07) is 10.8. The molecule has 3 aromatic rings. The normalized spacial score (nSPS) is 10.7. The highest BCUT2D eigenvalue weighted by Gasteiger charge is 2.08. The molecule has 5 nitrogen and oxygen atoms in total. The highest BCUT2D eigenvalue weighted by Crippen LogP contribution is 2.18. The molecule has 0 spiro atoms. The maximum absolute atomic E-state index is 11.2. The van der Waals surface area contributed by atoms with Crippen LogP contribution in [0.15, 0.2) is 48.8 Å². The first kappa shape index (κ1) is 10.5. The largest absolute Gasteiger partial charge is 0.366 e. The van der Waals surface area contributed by atoms with Gasteiger partial charge in [-0.3, -0.25) is 4.79 Å². The van der Waals surface area contributed by atoms with Gasteiger partial charge in [-0.05, 0) is 24.3 Å². The number of nitrogens with two attached hydrogens (primary N) is 1. The van der Waals surface area contributed by atoms with Gasteiger partial charge in [0.25, 0.3) is 0 Å². The molecule has 18 heavy (non-hydrogen) atoms. The Morgan fingerprint density at radius 1 is 1.22 bits per heavy atom. The van der Waals surface area contributed by atoms with Crippen LogP contribution in [0.25, 0.3) is 16.7 Å². The summed E-state index contributed by atoms with van der Waals surface area (Å²) in [4.78, 5) is 15.4. The van der Waals surface area contributed by atoms with Crippen LogP contribution in [0.2, 0.25) is 0 Å². The molecule has 2 N–H and O–H groups in total. The van der Waals surface area contributed by atoms with Crippen LogP contribution in [0.3, 0.4) is 0 Å². The van der Waals surface area contributed by atoms with Gasteiger partial charge in [-0.15, -0.1) is 0 Å².